The molecule has 6 aliphatic rings. The highest BCUT2D eigenvalue weighted by atomic mass is 19.4. The van der Waals surface area contributed by atoms with Gasteiger partial charge in [0.15, 0.2) is 0 Å². The maximum absolute atomic E-state index is 13.8. The third-order valence-electron chi connectivity index (χ3n) is 16.1. The number of alkyl halides is 6. The van der Waals surface area contributed by atoms with Crippen LogP contribution in [0, 0.1) is 22.7 Å². The molecule has 4 fully saturated rings. The molecule has 16 nitrogen and oxygen atoms in total. The summed E-state index contributed by atoms with van der Waals surface area (Å²) in [6, 6.07) is 3.10. The highest BCUT2D eigenvalue weighted by molar-refractivity contribution is 5.84. The number of halogens is 6. The van der Waals surface area contributed by atoms with Crippen molar-refractivity contribution in [1.82, 2.24) is 30.4 Å². The van der Waals surface area contributed by atoms with Crippen molar-refractivity contribution in [3.05, 3.63) is 58.2 Å². The van der Waals surface area contributed by atoms with E-state index >= 15 is 0 Å². The molecule has 2 unspecified atom stereocenters. The Kier molecular flexibility index (Phi) is 20.0. The van der Waals surface area contributed by atoms with Gasteiger partial charge in [-0.05, 0) is 86.5 Å². The Morgan fingerprint density at radius 3 is 1.39 bits per heavy atom. The molecule has 2 amide bonds. The molecule has 416 valence electrons. The van der Waals surface area contributed by atoms with Crippen LogP contribution in [0.15, 0.2) is 24.5 Å². The van der Waals surface area contributed by atoms with E-state index in [1.807, 2.05) is 0 Å². The Labute approximate surface area is 430 Å². The van der Waals surface area contributed by atoms with Gasteiger partial charge in [-0.3, -0.25) is 29.1 Å². The first-order chi connectivity index (χ1) is 34.9. The molecule has 0 spiro atoms. The van der Waals surface area contributed by atoms with Crippen molar-refractivity contribution in [2.45, 2.75) is 167 Å². The summed E-state index contributed by atoms with van der Waals surface area (Å²) in [5, 5.41) is 23.2. The summed E-state index contributed by atoms with van der Waals surface area (Å²) in [4.78, 5) is 58.5. The van der Waals surface area contributed by atoms with Crippen LogP contribution in [0.5, 0.6) is 0 Å². The highest BCUT2D eigenvalue weighted by Gasteiger charge is 2.52. The zero-order valence-electron chi connectivity index (χ0n) is 43.3. The number of aliphatic carboxylic acids is 2. The van der Waals surface area contributed by atoms with Crippen LogP contribution in [0.4, 0.5) is 26.3 Å². The summed E-state index contributed by atoms with van der Waals surface area (Å²) >= 11 is 0. The lowest BCUT2D eigenvalue weighted by Crippen LogP contribution is -2.52. The van der Waals surface area contributed by atoms with E-state index in [2.05, 4.69) is 48.3 Å². The second-order valence-electron chi connectivity index (χ2n) is 21.2. The number of nitrogens with one attached hydrogen (secondary N) is 2. The first-order valence-corrected chi connectivity index (χ1v) is 25.8. The molecule has 2 saturated heterocycles. The number of nitrogens with zero attached hydrogens (tertiary/aromatic N) is 4. The van der Waals surface area contributed by atoms with Crippen molar-refractivity contribution in [1.29, 1.82) is 0 Å². The maximum Gasteiger partial charge on any atom is 0.417 e. The zero-order valence-corrected chi connectivity index (χ0v) is 43.3. The number of fused-ring (bicyclic) bond motifs is 2. The van der Waals surface area contributed by atoms with Crippen molar-refractivity contribution in [3.63, 3.8) is 0 Å². The van der Waals surface area contributed by atoms with Gasteiger partial charge in [0, 0.05) is 116 Å². The molecular formula is C52H76F6N6O10. The van der Waals surface area contributed by atoms with Gasteiger partial charge in [0.1, 0.15) is 0 Å². The predicted molar refractivity (Wildman–Crippen MR) is 259 cm³/mol. The van der Waals surface area contributed by atoms with Crippen LogP contribution in [0.3, 0.4) is 0 Å². The summed E-state index contributed by atoms with van der Waals surface area (Å²) < 4.78 is 101. The number of carboxylic acid groups (broad SMARTS) is 2. The molecule has 6 heterocycles. The molecule has 8 rings (SSSR count). The van der Waals surface area contributed by atoms with Gasteiger partial charge >= 0.3 is 24.3 Å². The predicted octanol–water partition coefficient (Wildman–Crippen LogP) is 7.33. The third kappa shape index (κ3) is 14.3. The van der Waals surface area contributed by atoms with Crippen LogP contribution in [-0.2, 0) is 76.4 Å². The minimum atomic E-state index is -4.44. The minimum absolute atomic E-state index is 0. The Hall–Kier alpha value is -4.48. The lowest BCUT2D eigenvalue weighted by molar-refractivity contribution is -0.146. The molecular weight excluding hydrogens is 983 g/mol. The quantitative estimate of drug-likeness (QED) is 0.145. The Bertz CT molecular complexity index is 2110. The summed E-state index contributed by atoms with van der Waals surface area (Å²) in [6.07, 6.45) is -0.232. The van der Waals surface area contributed by atoms with Crippen LogP contribution in [0.25, 0.3) is 0 Å². The second-order valence-corrected chi connectivity index (χ2v) is 21.2. The van der Waals surface area contributed by atoms with E-state index in [0.717, 1.165) is 75.9 Å². The fourth-order valence-electron chi connectivity index (χ4n) is 11.6. The van der Waals surface area contributed by atoms with E-state index in [4.69, 9.17) is 29.2 Å². The van der Waals surface area contributed by atoms with Gasteiger partial charge in [0.05, 0.1) is 60.2 Å². The number of hydrogen-bond acceptors (Lipinski definition) is 12. The van der Waals surface area contributed by atoms with Crippen LogP contribution < -0.4 is 10.6 Å². The van der Waals surface area contributed by atoms with Gasteiger partial charge in [0.2, 0.25) is 11.8 Å². The number of methoxy groups -OCH3 is 2. The largest absolute Gasteiger partial charge is 0.481 e. The summed E-state index contributed by atoms with van der Waals surface area (Å²) in [6.45, 7) is 12.2. The van der Waals surface area contributed by atoms with Gasteiger partial charge < -0.3 is 49.6 Å². The van der Waals surface area contributed by atoms with E-state index in [1.54, 1.807) is 24.0 Å². The van der Waals surface area contributed by atoms with Crippen LogP contribution >= 0.6 is 0 Å². The highest BCUT2D eigenvalue weighted by Crippen LogP contribution is 2.48. The van der Waals surface area contributed by atoms with Crippen LogP contribution in [0.1, 0.15) is 127 Å². The number of rotatable bonds is 13. The van der Waals surface area contributed by atoms with Gasteiger partial charge in [-0.2, -0.15) is 26.3 Å². The summed E-state index contributed by atoms with van der Waals surface area (Å²) in [5.41, 5.74) is -0.242. The number of carbonyl (C=O) groups excluding carboxylic acids is 2. The number of amides is 2. The van der Waals surface area contributed by atoms with Crippen molar-refractivity contribution in [3.8, 4) is 0 Å². The first kappa shape index (κ1) is 58.8. The molecule has 2 aliphatic carbocycles. The van der Waals surface area contributed by atoms with E-state index in [0.29, 0.717) is 74.9 Å². The smallest absolute Gasteiger partial charge is 0.417 e. The number of hydrogen-bond donors (Lipinski definition) is 4. The maximum atomic E-state index is 13.8. The molecule has 74 heavy (non-hydrogen) atoms. The Balaban J connectivity index is 0.000000239. The van der Waals surface area contributed by atoms with E-state index in [9.17, 15) is 45.5 Å². The summed E-state index contributed by atoms with van der Waals surface area (Å²) in [7, 11) is 3.38. The minimum Gasteiger partial charge on any atom is -0.481 e. The fourth-order valence-corrected chi connectivity index (χ4v) is 11.6. The van der Waals surface area contributed by atoms with E-state index in [1.165, 1.54) is 0 Å². The molecule has 8 atom stereocenters. The van der Waals surface area contributed by atoms with Gasteiger partial charge in [-0.25, -0.2) is 0 Å². The average Bonchev–Trinajstić information content (AvgIpc) is 4.01. The fraction of sp³-hybridized carbons (Fsp3) is 0.731. The number of ether oxygens (including phenoxy) is 4. The van der Waals surface area contributed by atoms with Gasteiger partial charge in [0.25, 0.3) is 0 Å². The summed E-state index contributed by atoms with van der Waals surface area (Å²) in [5.74, 6) is -1.78. The zero-order chi connectivity index (χ0) is 54.2. The van der Waals surface area contributed by atoms with Gasteiger partial charge in [-0.1, -0.05) is 27.7 Å². The van der Waals surface area contributed by atoms with Crippen molar-refractivity contribution in [2.75, 3.05) is 53.7 Å². The first-order valence-electron chi connectivity index (χ1n) is 25.8. The normalized spacial score (nSPS) is 28.1. The van der Waals surface area contributed by atoms with Crippen LogP contribution in [0.2, 0.25) is 0 Å². The number of pyridine rings is 2. The lowest BCUT2D eigenvalue weighted by Gasteiger charge is -2.40. The van der Waals surface area contributed by atoms with Crippen LogP contribution in [-0.4, -0.2) is 144 Å². The number of carboxylic acids is 2. The van der Waals surface area contributed by atoms with Crippen molar-refractivity contribution >= 4 is 23.8 Å². The Morgan fingerprint density at radius 2 is 1.07 bits per heavy atom. The molecule has 4 N–H and O–H groups in total. The topological polar surface area (TPSA) is 202 Å². The molecule has 2 saturated carbocycles. The molecule has 2 aromatic heterocycles. The molecule has 22 heteroatoms. The van der Waals surface area contributed by atoms with E-state index < -0.39 is 46.2 Å². The SMILES string of the molecule is CO[C@@H]1COCC[C@@H]1NC1CC[C@@](C(=O)N2CCc3ncc(C(F)(F)F)cc3C2)(C(C)C)C1.CO[C@@H]1COCC[C@@H]1NC1CC[C@@](C(=O)N2CCc3ncc(C(F)(F)F)cc3C2)(C(C)C)C1.O=C(O)CCC(=O)O.[HH]. The average molecular weight is 1060 g/mol. The van der Waals surface area contributed by atoms with Crippen molar-refractivity contribution < 1.29 is 76.1 Å². The third-order valence-corrected chi connectivity index (χ3v) is 16.1. The lowest BCUT2D eigenvalue weighted by atomic mass is 9.74. The monoisotopic (exact) mass is 1060 g/mol. The van der Waals surface area contributed by atoms with Crippen molar-refractivity contribution in [2.24, 2.45) is 22.7 Å². The molecule has 0 aromatic carbocycles. The molecule has 0 bridgehead atoms. The number of carbonyl (C=O) groups is 4. The molecule has 2 aromatic rings. The Morgan fingerprint density at radius 1 is 0.689 bits per heavy atom. The van der Waals surface area contributed by atoms with Gasteiger partial charge in [-0.15, -0.1) is 0 Å². The molecule has 0 radical (unpaired) electrons. The van der Waals surface area contributed by atoms with E-state index in [-0.39, 0.29) is 87.4 Å². The standard InChI is InChI=1S/2C24H34F3N3O3.C4H6O4.H2/c2*1-15(2)23(7-4-18(11-23)29-20-6-9-33-14-21(20)32-3)22(31)30-8-5-19-16(13-30)10-17(12-28-19)24(25,26)27;5-3(6)1-2-4(7)8;/h2*10,12,15,18,20-21,29H,4-9,11,13-14H2,1-3H3;1-2H2,(H,5,6)(H,7,8);1H/t2*18?,20-,21+,23-;;/m00../s1. The molecule has 4 aliphatic heterocycles. The second kappa shape index (κ2) is 25.1. The number of aromatic nitrogens is 2.